The molecular weight excluding hydrogens is 551 g/mol. The van der Waals surface area contributed by atoms with Gasteiger partial charge in [0.15, 0.2) is 0 Å². The first-order chi connectivity index (χ1) is 14.8. The molecule has 4 rings (SSSR count). The van der Waals surface area contributed by atoms with Crippen LogP contribution in [-0.4, -0.2) is 5.43 Å². The van der Waals surface area contributed by atoms with E-state index in [-0.39, 0.29) is 41.1 Å². The summed E-state index contributed by atoms with van der Waals surface area (Å²) < 4.78 is 0. The van der Waals surface area contributed by atoms with Gasteiger partial charge in [-0.15, -0.1) is 17.5 Å². The average molecular weight is 591 g/mol. The molecule has 0 saturated heterocycles. The van der Waals surface area contributed by atoms with Crippen LogP contribution in [0.2, 0.25) is 13.1 Å². The molecule has 4 heteroatoms. The van der Waals surface area contributed by atoms with Crippen LogP contribution in [0, 0.1) is 12.1 Å². The van der Waals surface area contributed by atoms with Gasteiger partial charge in [0, 0.05) is 0 Å². The van der Waals surface area contributed by atoms with Crippen molar-refractivity contribution in [2.24, 2.45) is 0 Å². The van der Waals surface area contributed by atoms with Gasteiger partial charge < -0.3 is 24.8 Å². The van der Waals surface area contributed by atoms with E-state index in [9.17, 15) is 0 Å². The fourth-order valence-corrected chi connectivity index (χ4v) is 3.72. The Morgan fingerprint density at radius 2 is 1.50 bits per heavy atom. The summed E-state index contributed by atoms with van der Waals surface area (Å²) in [5.74, 6) is 0. The van der Waals surface area contributed by atoms with Crippen molar-refractivity contribution in [2.75, 3.05) is 0 Å². The fourth-order valence-electron chi connectivity index (χ4n) is 3.72. The van der Waals surface area contributed by atoms with Gasteiger partial charge in [0.05, 0.1) is 0 Å². The van der Waals surface area contributed by atoms with Crippen molar-refractivity contribution in [1.82, 2.24) is 0 Å². The van der Waals surface area contributed by atoms with Crippen LogP contribution in [0.5, 0.6) is 0 Å². The molecule has 0 bridgehead atoms. The largest absolute Gasteiger partial charge is 1.00 e. The van der Waals surface area contributed by atoms with Crippen LogP contribution < -0.4 is 24.8 Å². The van der Waals surface area contributed by atoms with Crippen LogP contribution in [-0.2, 0) is 40.6 Å². The Bertz CT molecular complexity index is 956. The van der Waals surface area contributed by atoms with Gasteiger partial charge in [0.1, 0.15) is 0 Å². The summed E-state index contributed by atoms with van der Waals surface area (Å²) in [5.41, 5.74) is 10.3. The molecule has 0 saturated carbocycles. The van der Waals surface area contributed by atoms with Crippen LogP contribution in [0.4, 0.5) is 0 Å². The predicted octanol–water partition coefficient (Wildman–Crippen LogP) is 2.53. The Morgan fingerprint density at radius 3 is 1.94 bits per heavy atom. The van der Waals surface area contributed by atoms with Crippen LogP contribution in [0.1, 0.15) is 83.6 Å². The number of hydrogen-bond donors (Lipinski definition) is 0. The standard InChI is InChI=1S/C21H25.C7H9.C2H6Si.2ClH.Zr/c1-20(2,3)16-7-9-18-14(12-16)11-15-13-17(21(4,5)6)8-10-19(15)18;1-2-7-5-3-4-6-7;1-3-2;;;/h7-10,12H,11H2,1-6H3;3,5H,2,4H2,1H3;1-2H3;2*1H;/q2*-1;;;;+2/p-2. The predicted molar refractivity (Wildman–Crippen MR) is 139 cm³/mol. The Morgan fingerprint density at radius 1 is 0.912 bits per heavy atom. The Kier molecular flexibility index (Phi) is 14.2. The zero-order valence-electron chi connectivity index (χ0n) is 22.4. The number of allylic oxidation sites excluding steroid dienone is 4. The summed E-state index contributed by atoms with van der Waals surface area (Å²) in [6.45, 7) is 20.4. The summed E-state index contributed by atoms with van der Waals surface area (Å²) in [5, 5.41) is 0. The number of benzene rings is 2. The second kappa shape index (κ2) is 14.4. The minimum atomic E-state index is 0. The van der Waals surface area contributed by atoms with E-state index in [0.29, 0.717) is 0 Å². The maximum absolute atomic E-state index is 3.67. The summed E-state index contributed by atoms with van der Waals surface area (Å²) >= 11 is 1.74. The molecule has 0 atom stereocenters. The van der Waals surface area contributed by atoms with Crippen LogP contribution in [0.15, 0.2) is 48.1 Å². The molecule has 0 nitrogen and oxygen atoms in total. The minimum Gasteiger partial charge on any atom is -1.00 e. The third-order valence-corrected chi connectivity index (χ3v) is 5.61. The van der Waals surface area contributed by atoms with E-state index >= 15 is 0 Å². The molecule has 0 unspecified atom stereocenters. The third kappa shape index (κ3) is 9.93. The maximum atomic E-state index is 3.67. The van der Waals surface area contributed by atoms with Gasteiger partial charge in [-0.2, -0.15) is 29.8 Å². The van der Waals surface area contributed by atoms with Gasteiger partial charge in [0.25, 0.3) is 0 Å². The molecule has 0 amide bonds. The zero-order valence-corrected chi connectivity index (χ0v) is 27.4. The van der Waals surface area contributed by atoms with Gasteiger partial charge in [-0.05, 0) is 28.4 Å². The van der Waals surface area contributed by atoms with Crippen molar-refractivity contribution in [3.8, 4) is 11.1 Å². The van der Waals surface area contributed by atoms with Gasteiger partial charge >= 0.3 is 41.9 Å². The Labute approximate surface area is 237 Å². The molecule has 2 aromatic rings. The summed E-state index contributed by atoms with van der Waals surface area (Å²) in [6.07, 6.45) is 10.7. The minimum absolute atomic E-state index is 0. The van der Waals surface area contributed by atoms with E-state index in [0.717, 1.165) is 19.3 Å². The molecule has 2 aromatic carbocycles. The quantitative estimate of drug-likeness (QED) is 0.302. The van der Waals surface area contributed by atoms with E-state index in [1.54, 1.807) is 23.3 Å². The molecular formula is C30H40Cl2SiZr-2. The van der Waals surface area contributed by atoms with Crippen LogP contribution >= 0.6 is 0 Å². The average Bonchev–Trinajstić information content (AvgIpc) is 3.33. The summed E-state index contributed by atoms with van der Waals surface area (Å²) in [7, 11) is 0. The van der Waals surface area contributed by atoms with Crippen LogP contribution in [0.3, 0.4) is 0 Å². The molecule has 0 aliphatic heterocycles. The molecule has 34 heavy (non-hydrogen) atoms. The fraction of sp³-hybridized carbons (Fsp3) is 0.467. The van der Waals surface area contributed by atoms with Gasteiger partial charge in [0.2, 0.25) is 0 Å². The molecule has 2 aliphatic carbocycles. The third-order valence-electron chi connectivity index (χ3n) is 5.61. The second-order valence-corrected chi connectivity index (χ2v) is 20.3. The zero-order chi connectivity index (χ0) is 24.1. The van der Waals surface area contributed by atoms with E-state index in [2.05, 4.69) is 116 Å². The number of halogens is 2. The smallest absolute Gasteiger partial charge is 1.00 e. The van der Waals surface area contributed by atoms with Crippen molar-refractivity contribution in [2.45, 2.75) is 91.7 Å². The van der Waals surface area contributed by atoms with Crippen molar-refractivity contribution in [3.05, 3.63) is 82.5 Å². The van der Waals surface area contributed by atoms with Gasteiger partial charge in [-0.1, -0.05) is 78.6 Å². The van der Waals surface area contributed by atoms with Crippen molar-refractivity contribution >= 4 is 5.43 Å². The number of hydrogen-bond acceptors (Lipinski definition) is 0. The molecule has 0 N–H and O–H groups in total. The Balaban J connectivity index is 0.000000702. The molecule has 0 aromatic heterocycles. The van der Waals surface area contributed by atoms with Crippen molar-refractivity contribution < 1.29 is 48.1 Å². The monoisotopic (exact) mass is 588 g/mol. The topological polar surface area (TPSA) is 0 Å². The van der Waals surface area contributed by atoms with Gasteiger partial charge in [-0.25, -0.2) is 11.6 Å². The molecule has 0 heterocycles. The van der Waals surface area contributed by atoms with E-state index in [1.165, 1.54) is 39.0 Å². The number of rotatable bonds is 1. The van der Waals surface area contributed by atoms with Crippen LogP contribution in [0.25, 0.3) is 11.1 Å². The Hall–Kier alpha value is -0.400. The molecule has 0 spiro atoms. The first-order valence-corrected chi connectivity index (χ1v) is 18.0. The molecule has 0 radical (unpaired) electrons. The van der Waals surface area contributed by atoms with Crippen molar-refractivity contribution in [1.29, 1.82) is 0 Å². The molecule has 0 fully saturated rings. The summed E-state index contributed by atoms with van der Waals surface area (Å²) in [6, 6.07) is 15.2. The SMILES string of the molecule is CC(C)(C)c1[c-]c2c(cc1)-c1ccc(C(C)(C)C)cc1C2.CCC1=[C-]CC=C1.C[Si](C)=[Zr+2].[Cl-].[Cl-]. The van der Waals surface area contributed by atoms with E-state index in [4.69, 9.17) is 0 Å². The van der Waals surface area contributed by atoms with Crippen molar-refractivity contribution in [3.63, 3.8) is 0 Å². The normalized spacial score (nSPS) is 13.1. The second-order valence-electron chi connectivity index (χ2n) is 11.0. The molecule has 2 aliphatic rings. The number of fused-ring (bicyclic) bond motifs is 3. The first kappa shape index (κ1) is 33.6. The summed E-state index contributed by atoms with van der Waals surface area (Å²) in [4.78, 5) is 0. The molecule has 184 valence electrons. The first-order valence-electron chi connectivity index (χ1n) is 11.8. The maximum Gasteiger partial charge on any atom is -1.00 e. The van der Waals surface area contributed by atoms with E-state index in [1.807, 2.05) is 0 Å². The van der Waals surface area contributed by atoms with E-state index < -0.39 is 0 Å². The van der Waals surface area contributed by atoms with Gasteiger partial charge in [-0.3, -0.25) is 6.08 Å².